The molecule has 8 atom stereocenters. The van der Waals surface area contributed by atoms with Crippen molar-refractivity contribution in [1.82, 2.24) is 16.0 Å². The number of piperidine rings is 1. The molecular formula is C25H43N7O2. The molecule has 9 nitrogen and oxygen atoms in total. The fourth-order valence-electron chi connectivity index (χ4n) is 6.80. The largest absolute Gasteiger partial charge is 0.371 e. The molecule has 7 unspecified atom stereocenters. The van der Waals surface area contributed by atoms with Gasteiger partial charge in [-0.05, 0) is 62.4 Å². The molecule has 0 aromatic heterocycles. The van der Waals surface area contributed by atoms with Crippen LogP contribution in [-0.2, 0) is 9.53 Å². The maximum Gasteiger partial charge on any atom is 0.228 e. The zero-order valence-corrected chi connectivity index (χ0v) is 20.8. The molecule has 7 N–H and O–H groups in total. The summed E-state index contributed by atoms with van der Waals surface area (Å²) in [6.07, 6.45) is 7.46. The normalized spacial score (nSPS) is 41.6. The maximum absolute atomic E-state index is 13.6. The van der Waals surface area contributed by atoms with E-state index in [1.807, 2.05) is 6.21 Å². The van der Waals surface area contributed by atoms with Gasteiger partial charge in [0.25, 0.3) is 0 Å². The van der Waals surface area contributed by atoms with E-state index in [4.69, 9.17) is 21.2 Å². The van der Waals surface area contributed by atoms with Gasteiger partial charge < -0.3 is 32.2 Å². The number of nitrogens with one attached hydrogen (secondary N) is 3. The van der Waals surface area contributed by atoms with E-state index >= 15 is 0 Å². The summed E-state index contributed by atoms with van der Waals surface area (Å²) >= 11 is 0. The Kier molecular flexibility index (Phi) is 7.95. The van der Waals surface area contributed by atoms with Crippen LogP contribution in [0.3, 0.4) is 0 Å². The molecule has 1 saturated carbocycles. The summed E-state index contributed by atoms with van der Waals surface area (Å²) in [5.41, 5.74) is 12.8. The van der Waals surface area contributed by atoms with E-state index < -0.39 is 12.1 Å². The second kappa shape index (κ2) is 10.6. The Balaban J connectivity index is 1.50. The number of carbonyl (C=O) groups is 1. The number of hydrogen-bond donors (Lipinski definition) is 5. The molecule has 3 heterocycles. The highest BCUT2D eigenvalue weighted by Crippen LogP contribution is 2.71. The Morgan fingerprint density at radius 1 is 1.29 bits per heavy atom. The maximum atomic E-state index is 13.6. The Morgan fingerprint density at radius 3 is 2.74 bits per heavy atom. The van der Waals surface area contributed by atoms with Crippen molar-refractivity contribution in [2.45, 2.75) is 89.3 Å². The number of hydrogen-bond acceptors (Lipinski definition) is 8. The number of rotatable bonds is 8. The molecule has 1 aliphatic carbocycles. The summed E-state index contributed by atoms with van der Waals surface area (Å²) in [5.74, 6) is -0.666. The van der Waals surface area contributed by atoms with Crippen LogP contribution >= 0.6 is 0 Å². The van der Waals surface area contributed by atoms with Crippen LogP contribution in [0.15, 0.2) is 4.99 Å². The SMILES string of the molecule is CCC12CC(C(C(=O)NC3CNCCC3O[C@H]3CCNC3)C(N)N)/N=C\C(CC#N)CC1(C)C2. The zero-order chi connectivity index (χ0) is 24.3. The molecule has 34 heavy (non-hydrogen) atoms. The summed E-state index contributed by atoms with van der Waals surface area (Å²) in [6, 6.07) is 1.89. The first-order chi connectivity index (χ1) is 16.3. The lowest BCUT2D eigenvalue weighted by Gasteiger charge is -2.37. The highest BCUT2D eigenvalue weighted by Gasteiger charge is 2.64. The molecular weight excluding hydrogens is 430 g/mol. The lowest BCUT2D eigenvalue weighted by molar-refractivity contribution is -0.129. The average Bonchev–Trinajstić information content (AvgIpc) is 3.11. The minimum absolute atomic E-state index is 0.0284. The molecule has 3 fully saturated rings. The highest BCUT2D eigenvalue weighted by molar-refractivity contribution is 5.81. The van der Waals surface area contributed by atoms with Crippen molar-refractivity contribution in [3.05, 3.63) is 0 Å². The Labute approximate surface area is 203 Å². The van der Waals surface area contributed by atoms with Crippen LogP contribution in [0.5, 0.6) is 0 Å². The van der Waals surface area contributed by atoms with Gasteiger partial charge >= 0.3 is 0 Å². The number of fused-ring (bicyclic) bond motifs is 1. The first-order valence-corrected chi connectivity index (χ1v) is 13.1. The molecule has 1 amide bonds. The molecule has 4 aliphatic rings. The molecule has 2 saturated heterocycles. The second-order valence-electron chi connectivity index (χ2n) is 11.3. The second-order valence-corrected chi connectivity index (χ2v) is 11.3. The lowest BCUT2D eigenvalue weighted by Crippen LogP contribution is -2.60. The van der Waals surface area contributed by atoms with Gasteiger partial charge in [-0.1, -0.05) is 13.8 Å². The first-order valence-electron chi connectivity index (χ1n) is 13.1. The van der Waals surface area contributed by atoms with Crippen molar-refractivity contribution in [1.29, 1.82) is 5.26 Å². The van der Waals surface area contributed by atoms with Gasteiger partial charge in [0.2, 0.25) is 5.91 Å². The van der Waals surface area contributed by atoms with Gasteiger partial charge in [0.05, 0.1) is 42.4 Å². The highest BCUT2D eigenvalue weighted by atomic mass is 16.5. The van der Waals surface area contributed by atoms with Crippen molar-refractivity contribution in [3.8, 4) is 6.07 Å². The van der Waals surface area contributed by atoms with E-state index in [9.17, 15) is 10.1 Å². The van der Waals surface area contributed by atoms with Gasteiger partial charge in [0.15, 0.2) is 0 Å². The predicted octanol–water partition coefficient (Wildman–Crippen LogP) is 0.641. The molecule has 4 rings (SSSR count). The fraction of sp³-hybridized carbons (Fsp3) is 0.880. The molecule has 0 bridgehead atoms. The van der Waals surface area contributed by atoms with E-state index in [1.54, 1.807) is 0 Å². The fourth-order valence-corrected chi connectivity index (χ4v) is 6.80. The number of nitriles is 1. The first kappa shape index (κ1) is 25.5. The van der Waals surface area contributed by atoms with Crippen molar-refractivity contribution in [3.63, 3.8) is 0 Å². The molecule has 3 aliphatic heterocycles. The van der Waals surface area contributed by atoms with Crippen LogP contribution in [0.25, 0.3) is 0 Å². The topological polar surface area (TPSA) is 151 Å². The number of aliphatic imine (C=N–C) groups is 1. The molecule has 9 heteroatoms. The average molecular weight is 474 g/mol. The van der Waals surface area contributed by atoms with Crippen LogP contribution < -0.4 is 27.4 Å². The minimum Gasteiger partial charge on any atom is -0.371 e. The van der Waals surface area contributed by atoms with Crippen molar-refractivity contribution in [2.24, 2.45) is 39.1 Å². The van der Waals surface area contributed by atoms with Gasteiger partial charge in [-0.2, -0.15) is 5.26 Å². The molecule has 0 aromatic rings. The van der Waals surface area contributed by atoms with Gasteiger partial charge in [-0.15, -0.1) is 0 Å². The summed E-state index contributed by atoms with van der Waals surface area (Å²) in [5, 5.41) is 19.3. The summed E-state index contributed by atoms with van der Waals surface area (Å²) in [6.45, 7) is 7.92. The lowest BCUT2D eigenvalue weighted by atomic mass is 9.76. The standard InChI is InChI=1S/C25H43N7O2/c1-3-25-11-18(31-12-16(4-7-26)10-24(25,2)15-25)21(22(27)28)23(33)32-19-14-30-9-6-20(19)34-17-5-8-29-13-17/h12,16-22,29-30H,3-6,8-11,13-15,27-28H2,1-2H3,(H,32,33)/b31-12-/t16?,17-,18?,19?,20?,21?,24?,25?/m0/s1. The number of amides is 1. The van der Waals surface area contributed by atoms with E-state index in [1.165, 1.54) is 0 Å². The molecule has 0 aromatic carbocycles. The summed E-state index contributed by atoms with van der Waals surface area (Å²) in [4.78, 5) is 18.5. The van der Waals surface area contributed by atoms with Gasteiger partial charge in [0.1, 0.15) is 0 Å². The number of nitrogens with two attached hydrogens (primary N) is 2. The third-order valence-electron chi connectivity index (χ3n) is 8.98. The van der Waals surface area contributed by atoms with Crippen LogP contribution in [0.2, 0.25) is 0 Å². The Bertz CT molecular complexity index is 793. The van der Waals surface area contributed by atoms with E-state index in [0.29, 0.717) is 13.0 Å². The van der Waals surface area contributed by atoms with Crippen molar-refractivity contribution < 1.29 is 9.53 Å². The Hall–Kier alpha value is -1.57. The predicted molar refractivity (Wildman–Crippen MR) is 132 cm³/mol. The van der Waals surface area contributed by atoms with Crippen LogP contribution in [-0.4, -0.2) is 68.8 Å². The van der Waals surface area contributed by atoms with Gasteiger partial charge in [0, 0.05) is 31.6 Å². The van der Waals surface area contributed by atoms with Crippen molar-refractivity contribution >= 4 is 12.1 Å². The molecule has 0 radical (unpaired) electrons. The van der Waals surface area contributed by atoms with Crippen molar-refractivity contribution in [2.75, 3.05) is 26.2 Å². The zero-order valence-electron chi connectivity index (χ0n) is 20.8. The quantitative estimate of drug-likeness (QED) is 0.325. The van der Waals surface area contributed by atoms with Crippen LogP contribution in [0.1, 0.15) is 58.8 Å². The minimum atomic E-state index is -0.815. The summed E-state index contributed by atoms with van der Waals surface area (Å²) < 4.78 is 6.36. The van der Waals surface area contributed by atoms with E-state index in [0.717, 1.165) is 58.2 Å². The van der Waals surface area contributed by atoms with Gasteiger partial charge in [-0.25, -0.2) is 0 Å². The van der Waals surface area contributed by atoms with Crippen LogP contribution in [0, 0.1) is 34.0 Å². The number of ether oxygens (including phenoxy) is 1. The van der Waals surface area contributed by atoms with E-state index in [-0.39, 0.29) is 46.9 Å². The third-order valence-corrected chi connectivity index (χ3v) is 8.98. The monoisotopic (exact) mass is 473 g/mol. The third kappa shape index (κ3) is 5.31. The molecule has 190 valence electrons. The Morgan fingerprint density at radius 2 is 2.06 bits per heavy atom. The van der Waals surface area contributed by atoms with E-state index in [2.05, 4.69) is 35.9 Å². The number of carbonyl (C=O) groups excluding carboxylic acids is 1. The number of nitrogens with zero attached hydrogens (tertiary/aromatic N) is 2. The summed E-state index contributed by atoms with van der Waals surface area (Å²) in [7, 11) is 0. The smallest absolute Gasteiger partial charge is 0.228 e. The van der Waals surface area contributed by atoms with Gasteiger partial charge in [-0.3, -0.25) is 9.79 Å². The van der Waals surface area contributed by atoms with Crippen LogP contribution in [0.4, 0.5) is 0 Å². The molecule has 0 spiro atoms.